The summed E-state index contributed by atoms with van der Waals surface area (Å²) in [6.45, 7) is 3.31. The first-order valence-corrected chi connectivity index (χ1v) is 8.41. The highest BCUT2D eigenvalue weighted by Gasteiger charge is 2.13. The van der Waals surface area contributed by atoms with Gasteiger partial charge in [0.1, 0.15) is 11.3 Å². The molecule has 0 aliphatic carbocycles. The van der Waals surface area contributed by atoms with Crippen LogP contribution in [-0.2, 0) is 4.79 Å². The van der Waals surface area contributed by atoms with Gasteiger partial charge in [-0.1, -0.05) is 12.1 Å². The lowest BCUT2D eigenvalue weighted by atomic mass is 10.2. The van der Waals surface area contributed by atoms with Crippen LogP contribution in [0.4, 0.5) is 5.69 Å². The van der Waals surface area contributed by atoms with Gasteiger partial charge in [0.05, 0.1) is 11.3 Å². The van der Waals surface area contributed by atoms with Gasteiger partial charge in [0.15, 0.2) is 11.5 Å². The molecule has 0 fully saturated rings. The Hall–Kier alpha value is -2.60. The number of Topliss-reactive ketones (excluding diaryl/α,β-unsaturated/α-hetero) is 1. The van der Waals surface area contributed by atoms with Gasteiger partial charge in [-0.05, 0) is 37.3 Å². The van der Waals surface area contributed by atoms with Gasteiger partial charge >= 0.3 is 0 Å². The molecule has 122 valence electrons. The zero-order chi connectivity index (χ0) is 17.1. The molecule has 1 amide bonds. The van der Waals surface area contributed by atoms with Gasteiger partial charge in [-0.15, -0.1) is 11.8 Å². The van der Waals surface area contributed by atoms with Crippen LogP contribution in [0, 0.1) is 6.92 Å². The molecule has 1 heterocycles. The molecule has 5 nitrogen and oxygen atoms in total. The van der Waals surface area contributed by atoms with Crippen molar-refractivity contribution in [3.8, 4) is 0 Å². The molecule has 0 saturated heterocycles. The van der Waals surface area contributed by atoms with Crippen LogP contribution in [0.5, 0.6) is 0 Å². The number of carbonyl (C=O) groups excluding carboxylic acids is 2. The highest BCUT2D eigenvalue weighted by molar-refractivity contribution is 8.00. The first-order chi connectivity index (χ1) is 11.5. The summed E-state index contributed by atoms with van der Waals surface area (Å²) >= 11 is 1.36. The van der Waals surface area contributed by atoms with Crippen LogP contribution < -0.4 is 5.32 Å². The summed E-state index contributed by atoms with van der Waals surface area (Å²) in [6.07, 6.45) is 0. The number of ketones is 1. The van der Waals surface area contributed by atoms with E-state index in [2.05, 4.69) is 10.3 Å². The molecular formula is C18H16N2O3S. The molecule has 0 atom stereocenters. The Kier molecular flexibility index (Phi) is 4.66. The Labute approximate surface area is 143 Å². The number of rotatable bonds is 5. The van der Waals surface area contributed by atoms with Crippen LogP contribution in [0.25, 0.3) is 11.1 Å². The van der Waals surface area contributed by atoms with E-state index in [1.165, 1.54) is 18.7 Å². The van der Waals surface area contributed by atoms with Crippen molar-refractivity contribution in [2.75, 3.05) is 11.1 Å². The van der Waals surface area contributed by atoms with E-state index in [1.807, 2.05) is 12.1 Å². The number of nitrogens with zero attached hydrogens (tertiary/aromatic N) is 1. The maximum atomic E-state index is 12.6. The molecule has 0 aliphatic heterocycles. The number of aromatic nitrogens is 1. The lowest BCUT2D eigenvalue weighted by Gasteiger charge is -2.09. The van der Waals surface area contributed by atoms with E-state index in [4.69, 9.17) is 4.42 Å². The van der Waals surface area contributed by atoms with Crippen LogP contribution in [0.1, 0.15) is 23.2 Å². The van der Waals surface area contributed by atoms with Gasteiger partial charge in [-0.25, -0.2) is 4.98 Å². The predicted molar refractivity (Wildman–Crippen MR) is 94.5 cm³/mol. The molecule has 0 saturated carbocycles. The number of fused-ring (bicyclic) bond motifs is 1. The largest absolute Gasteiger partial charge is 0.441 e. The van der Waals surface area contributed by atoms with E-state index in [-0.39, 0.29) is 11.7 Å². The summed E-state index contributed by atoms with van der Waals surface area (Å²) < 4.78 is 5.43. The summed E-state index contributed by atoms with van der Waals surface area (Å²) in [7, 11) is 0. The third-order valence-electron chi connectivity index (χ3n) is 3.31. The monoisotopic (exact) mass is 340 g/mol. The van der Waals surface area contributed by atoms with E-state index in [0.717, 1.165) is 4.90 Å². The molecule has 0 bridgehead atoms. The fraction of sp³-hybridized carbons (Fsp3) is 0.167. The van der Waals surface area contributed by atoms with Crippen molar-refractivity contribution in [1.82, 2.24) is 4.98 Å². The van der Waals surface area contributed by atoms with E-state index >= 15 is 0 Å². The second kappa shape index (κ2) is 6.88. The standard InChI is InChI=1S/C18H16N2O3S/c1-11(21)10-24-17-6-4-3-5-14(17)18(22)20-13-7-8-16-15(9-13)19-12(2)23-16/h3-9H,10H2,1-2H3,(H,20,22). The Balaban J connectivity index is 1.82. The van der Waals surface area contributed by atoms with Crippen LogP contribution in [-0.4, -0.2) is 22.4 Å². The highest BCUT2D eigenvalue weighted by atomic mass is 32.2. The summed E-state index contributed by atoms with van der Waals surface area (Å²) in [4.78, 5) is 28.8. The maximum Gasteiger partial charge on any atom is 0.256 e. The smallest absolute Gasteiger partial charge is 0.256 e. The van der Waals surface area contributed by atoms with Crippen molar-refractivity contribution in [2.24, 2.45) is 0 Å². The molecule has 0 aliphatic rings. The lowest BCUT2D eigenvalue weighted by Crippen LogP contribution is -2.13. The van der Waals surface area contributed by atoms with Gasteiger partial charge < -0.3 is 9.73 Å². The first kappa shape index (κ1) is 16.3. The number of oxazole rings is 1. The third-order valence-corrected chi connectivity index (χ3v) is 4.53. The van der Waals surface area contributed by atoms with Crippen LogP contribution in [0.2, 0.25) is 0 Å². The average molecular weight is 340 g/mol. The molecule has 0 radical (unpaired) electrons. The summed E-state index contributed by atoms with van der Waals surface area (Å²) in [5, 5.41) is 2.87. The quantitative estimate of drug-likeness (QED) is 0.709. The molecule has 0 spiro atoms. The van der Waals surface area contributed by atoms with E-state index in [9.17, 15) is 9.59 Å². The second-order valence-corrected chi connectivity index (χ2v) is 6.37. The molecule has 3 aromatic rings. The minimum absolute atomic E-state index is 0.0714. The molecular weight excluding hydrogens is 324 g/mol. The molecule has 2 aromatic carbocycles. The van der Waals surface area contributed by atoms with Crippen molar-refractivity contribution in [1.29, 1.82) is 0 Å². The topological polar surface area (TPSA) is 72.2 Å². The average Bonchev–Trinajstić information content (AvgIpc) is 2.92. The number of benzene rings is 2. The SMILES string of the molecule is CC(=O)CSc1ccccc1C(=O)Nc1ccc2oc(C)nc2c1. The zero-order valence-corrected chi connectivity index (χ0v) is 14.1. The normalized spacial score (nSPS) is 10.8. The number of hydrogen-bond donors (Lipinski definition) is 1. The summed E-state index contributed by atoms with van der Waals surface area (Å²) in [6, 6.07) is 12.6. The molecule has 6 heteroatoms. The minimum Gasteiger partial charge on any atom is -0.441 e. The lowest BCUT2D eigenvalue weighted by molar-refractivity contribution is -0.114. The number of anilines is 1. The second-order valence-electron chi connectivity index (χ2n) is 5.36. The van der Waals surface area contributed by atoms with Crippen molar-refractivity contribution in [2.45, 2.75) is 18.7 Å². The number of aryl methyl sites for hydroxylation is 1. The minimum atomic E-state index is -0.221. The van der Waals surface area contributed by atoms with Crippen molar-refractivity contribution >= 4 is 40.2 Å². The Morgan fingerprint density at radius 2 is 2.00 bits per heavy atom. The third kappa shape index (κ3) is 3.65. The predicted octanol–water partition coefficient (Wildman–Crippen LogP) is 4.07. The maximum absolute atomic E-state index is 12.6. The zero-order valence-electron chi connectivity index (χ0n) is 13.3. The summed E-state index contributed by atoms with van der Waals surface area (Å²) in [5.74, 6) is 0.775. The van der Waals surface area contributed by atoms with Crippen LogP contribution >= 0.6 is 11.8 Å². The first-order valence-electron chi connectivity index (χ1n) is 7.43. The number of hydrogen-bond acceptors (Lipinski definition) is 5. The molecule has 1 N–H and O–H groups in total. The van der Waals surface area contributed by atoms with Gasteiger partial charge in [0.25, 0.3) is 5.91 Å². The van der Waals surface area contributed by atoms with E-state index < -0.39 is 0 Å². The molecule has 24 heavy (non-hydrogen) atoms. The number of amides is 1. The molecule has 0 unspecified atom stereocenters. The van der Waals surface area contributed by atoms with Crippen LogP contribution in [0.15, 0.2) is 51.8 Å². The van der Waals surface area contributed by atoms with Crippen molar-refractivity contribution in [3.63, 3.8) is 0 Å². The van der Waals surface area contributed by atoms with Gasteiger partial charge in [0.2, 0.25) is 0 Å². The Morgan fingerprint density at radius 3 is 2.79 bits per heavy atom. The highest BCUT2D eigenvalue weighted by Crippen LogP contribution is 2.25. The number of nitrogens with one attached hydrogen (secondary N) is 1. The van der Waals surface area contributed by atoms with Gasteiger partial charge in [-0.3, -0.25) is 9.59 Å². The Morgan fingerprint density at radius 1 is 1.21 bits per heavy atom. The molecule has 3 rings (SSSR count). The van der Waals surface area contributed by atoms with Crippen molar-refractivity contribution < 1.29 is 14.0 Å². The van der Waals surface area contributed by atoms with E-state index in [1.54, 1.807) is 37.3 Å². The van der Waals surface area contributed by atoms with Gasteiger partial charge in [0, 0.05) is 17.5 Å². The Bertz CT molecular complexity index is 918. The van der Waals surface area contributed by atoms with Crippen molar-refractivity contribution in [3.05, 3.63) is 53.9 Å². The summed E-state index contributed by atoms with van der Waals surface area (Å²) in [5.41, 5.74) is 2.57. The number of thioether (sulfide) groups is 1. The fourth-order valence-corrected chi connectivity index (χ4v) is 3.13. The fourth-order valence-electron chi connectivity index (χ4n) is 2.28. The van der Waals surface area contributed by atoms with Crippen LogP contribution in [0.3, 0.4) is 0 Å². The number of carbonyl (C=O) groups is 2. The van der Waals surface area contributed by atoms with Gasteiger partial charge in [-0.2, -0.15) is 0 Å². The molecule has 1 aromatic heterocycles. The van der Waals surface area contributed by atoms with E-state index in [0.29, 0.717) is 34.0 Å².